The van der Waals surface area contributed by atoms with E-state index in [1.807, 2.05) is 0 Å². The molecule has 0 saturated carbocycles. The fourth-order valence-corrected chi connectivity index (χ4v) is 2.41. The van der Waals surface area contributed by atoms with Crippen LogP contribution in [0, 0.1) is 5.82 Å². The van der Waals surface area contributed by atoms with Crippen molar-refractivity contribution in [3.63, 3.8) is 0 Å². The highest BCUT2D eigenvalue weighted by atomic mass is 32.2. The van der Waals surface area contributed by atoms with E-state index < -0.39 is 21.9 Å². The van der Waals surface area contributed by atoms with Crippen LogP contribution in [0.25, 0.3) is 0 Å². The average Bonchev–Trinajstić information content (AvgIpc) is 2.16. The fraction of sp³-hybridized carbons (Fsp3) is 0.444. The molecule has 1 aromatic heterocycles. The molecular formula is C9H13FN2O3S. The van der Waals surface area contributed by atoms with Crippen LogP contribution in [0.1, 0.15) is 6.92 Å². The van der Waals surface area contributed by atoms with Crippen LogP contribution in [0.4, 0.5) is 4.39 Å². The molecule has 0 fully saturated rings. The second-order valence-corrected chi connectivity index (χ2v) is 5.52. The smallest absolute Gasteiger partial charge is 0.244 e. The Morgan fingerprint density at radius 2 is 2.19 bits per heavy atom. The first-order chi connectivity index (χ1) is 7.34. The van der Waals surface area contributed by atoms with E-state index in [0.717, 1.165) is 22.8 Å². The summed E-state index contributed by atoms with van der Waals surface area (Å²) in [5, 5.41) is 9.09. The highest BCUT2D eigenvalue weighted by molar-refractivity contribution is 7.89. The van der Waals surface area contributed by atoms with Gasteiger partial charge in [0, 0.05) is 19.8 Å². The largest absolute Gasteiger partial charge is 0.392 e. The molecular weight excluding hydrogens is 235 g/mol. The third kappa shape index (κ3) is 2.97. The first-order valence-electron chi connectivity index (χ1n) is 4.59. The molecule has 0 amide bonds. The van der Waals surface area contributed by atoms with Gasteiger partial charge in [-0.2, -0.15) is 4.31 Å². The molecule has 1 N–H and O–H groups in total. The van der Waals surface area contributed by atoms with Gasteiger partial charge in [0.25, 0.3) is 0 Å². The highest BCUT2D eigenvalue weighted by Gasteiger charge is 2.22. The van der Waals surface area contributed by atoms with Gasteiger partial charge in [-0.1, -0.05) is 0 Å². The van der Waals surface area contributed by atoms with Crippen LogP contribution in [0.2, 0.25) is 0 Å². The monoisotopic (exact) mass is 248 g/mol. The molecule has 1 unspecified atom stereocenters. The van der Waals surface area contributed by atoms with Gasteiger partial charge in [0.1, 0.15) is 10.7 Å². The molecule has 7 heteroatoms. The molecule has 0 spiro atoms. The maximum atomic E-state index is 12.8. The summed E-state index contributed by atoms with van der Waals surface area (Å²) < 4.78 is 37.4. The lowest BCUT2D eigenvalue weighted by molar-refractivity contribution is 0.171. The molecule has 1 heterocycles. The van der Waals surface area contributed by atoms with Crippen LogP contribution < -0.4 is 0 Å². The minimum Gasteiger partial charge on any atom is -0.392 e. The number of aliphatic hydroxyl groups excluding tert-OH is 1. The van der Waals surface area contributed by atoms with Crippen molar-refractivity contribution in [3.05, 3.63) is 24.3 Å². The van der Waals surface area contributed by atoms with Crippen molar-refractivity contribution in [3.8, 4) is 0 Å². The van der Waals surface area contributed by atoms with Gasteiger partial charge in [0.05, 0.1) is 12.3 Å². The first-order valence-corrected chi connectivity index (χ1v) is 6.03. The molecule has 0 saturated heterocycles. The zero-order chi connectivity index (χ0) is 12.3. The maximum Gasteiger partial charge on any atom is 0.244 e. The number of aliphatic hydroxyl groups is 1. The Kier molecular flexibility index (Phi) is 3.95. The van der Waals surface area contributed by atoms with Gasteiger partial charge >= 0.3 is 0 Å². The van der Waals surface area contributed by atoms with E-state index in [4.69, 9.17) is 5.11 Å². The van der Waals surface area contributed by atoms with Gasteiger partial charge in [0.2, 0.25) is 10.0 Å². The fourth-order valence-electron chi connectivity index (χ4n) is 1.18. The van der Waals surface area contributed by atoms with Crippen molar-refractivity contribution in [2.24, 2.45) is 0 Å². The second-order valence-electron chi connectivity index (χ2n) is 3.47. The lowest BCUT2D eigenvalue weighted by Gasteiger charge is -2.18. The Hall–Kier alpha value is -1.05. The van der Waals surface area contributed by atoms with Crippen molar-refractivity contribution in [2.45, 2.75) is 17.9 Å². The van der Waals surface area contributed by atoms with E-state index in [2.05, 4.69) is 4.98 Å². The summed E-state index contributed by atoms with van der Waals surface area (Å²) in [4.78, 5) is 3.24. The number of sulfonamides is 1. The molecule has 90 valence electrons. The zero-order valence-electron chi connectivity index (χ0n) is 8.96. The third-order valence-corrected chi connectivity index (χ3v) is 3.70. The number of pyridine rings is 1. The molecule has 0 aliphatic carbocycles. The first kappa shape index (κ1) is 13.0. The van der Waals surface area contributed by atoms with E-state index >= 15 is 0 Å². The standard InChI is InChI=1S/C9H13FN2O3S/c1-7(13)6-12(2)16(14,15)9-3-8(10)4-11-5-9/h3-5,7,13H,6H2,1-2H3. The maximum absolute atomic E-state index is 12.8. The number of likely N-dealkylation sites (N-methyl/N-ethyl adjacent to an activating group) is 1. The Morgan fingerprint density at radius 1 is 1.56 bits per heavy atom. The summed E-state index contributed by atoms with van der Waals surface area (Å²) in [7, 11) is -2.47. The number of nitrogens with zero attached hydrogens (tertiary/aromatic N) is 2. The Labute approximate surface area is 93.6 Å². The van der Waals surface area contributed by atoms with Gasteiger partial charge in [-0.15, -0.1) is 0 Å². The van der Waals surface area contributed by atoms with Gasteiger partial charge in [-0.05, 0) is 13.0 Å². The normalized spacial score (nSPS) is 14.1. The predicted molar refractivity (Wildman–Crippen MR) is 55.7 cm³/mol. The van der Waals surface area contributed by atoms with Gasteiger partial charge in [-0.3, -0.25) is 4.98 Å². The number of hydrogen-bond acceptors (Lipinski definition) is 4. The molecule has 0 aliphatic heterocycles. The quantitative estimate of drug-likeness (QED) is 0.827. The number of halogens is 1. The lowest BCUT2D eigenvalue weighted by Crippen LogP contribution is -2.33. The Balaban J connectivity index is 3.02. The molecule has 1 aromatic rings. The van der Waals surface area contributed by atoms with Crippen molar-refractivity contribution >= 4 is 10.0 Å². The van der Waals surface area contributed by atoms with Crippen molar-refractivity contribution in [1.82, 2.24) is 9.29 Å². The number of hydrogen-bond donors (Lipinski definition) is 1. The van der Waals surface area contributed by atoms with Gasteiger partial charge < -0.3 is 5.11 Å². The summed E-state index contributed by atoms with van der Waals surface area (Å²) in [6.45, 7) is 1.41. The van der Waals surface area contributed by atoms with Crippen LogP contribution >= 0.6 is 0 Å². The van der Waals surface area contributed by atoms with Crippen LogP contribution in [0.5, 0.6) is 0 Å². The van der Waals surface area contributed by atoms with E-state index in [9.17, 15) is 12.8 Å². The molecule has 1 rings (SSSR count). The Morgan fingerprint density at radius 3 is 2.69 bits per heavy atom. The van der Waals surface area contributed by atoms with Crippen molar-refractivity contribution in [1.29, 1.82) is 0 Å². The van der Waals surface area contributed by atoms with Crippen molar-refractivity contribution in [2.75, 3.05) is 13.6 Å². The second kappa shape index (κ2) is 4.86. The van der Waals surface area contributed by atoms with Gasteiger partial charge in [-0.25, -0.2) is 12.8 Å². The summed E-state index contributed by atoms with van der Waals surface area (Å²) >= 11 is 0. The third-order valence-electron chi connectivity index (χ3n) is 1.91. The van der Waals surface area contributed by atoms with Crippen molar-refractivity contribution < 1.29 is 17.9 Å². The highest BCUT2D eigenvalue weighted by Crippen LogP contribution is 2.14. The van der Waals surface area contributed by atoms with Gasteiger partial charge in [0.15, 0.2) is 0 Å². The summed E-state index contributed by atoms with van der Waals surface area (Å²) in [5.74, 6) is -0.716. The molecule has 16 heavy (non-hydrogen) atoms. The molecule has 5 nitrogen and oxygen atoms in total. The SMILES string of the molecule is CC(O)CN(C)S(=O)(=O)c1cncc(F)c1. The number of rotatable bonds is 4. The summed E-state index contributed by atoms with van der Waals surface area (Å²) in [5.41, 5.74) is 0. The minimum atomic E-state index is -3.79. The van der Waals surface area contributed by atoms with E-state index in [1.54, 1.807) is 0 Å². The van der Waals surface area contributed by atoms with Crippen LogP contribution in [0.3, 0.4) is 0 Å². The zero-order valence-corrected chi connectivity index (χ0v) is 9.78. The molecule has 0 aromatic carbocycles. The topological polar surface area (TPSA) is 70.5 Å². The lowest BCUT2D eigenvalue weighted by atomic mass is 10.4. The van der Waals surface area contributed by atoms with Crippen LogP contribution in [-0.2, 0) is 10.0 Å². The summed E-state index contributed by atoms with van der Waals surface area (Å²) in [6, 6.07) is 0.890. The molecule has 0 aliphatic rings. The van der Waals surface area contributed by atoms with E-state index in [1.165, 1.54) is 14.0 Å². The van der Waals surface area contributed by atoms with Crippen LogP contribution in [-0.4, -0.2) is 42.5 Å². The Bertz CT molecular complexity index is 462. The predicted octanol–water partition coefficient (Wildman–Crippen LogP) is 0.222. The molecule has 0 radical (unpaired) electrons. The molecule has 1 atom stereocenters. The minimum absolute atomic E-state index is 0.0567. The summed E-state index contributed by atoms with van der Waals surface area (Å²) in [6.07, 6.45) is 1.20. The van der Waals surface area contributed by atoms with Crippen LogP contribution in [0.15, 0.2) is 23.4 Å². The van der Waals surface area contributed by atoms with E-state index in [-0.39, 0.29) is 11.4 Å². The molecule has 0 bridgehead atoms. The van der Waals surface area contributed by atoms with E-state index in [0.29, 0.717) is 0 Å². The average molecular weight is 248 g/mol. The number of aromatic nitrogens is 1.